The van der Waals surface area contributed by atoms with Crippen LogP contribution in [-0.4, -0.2) is 55.7 Å². The van der Waals surface area contributed by atoms with Crippen molar-refractivity contribution < 1.29 is 28.2 Å². The zero-order chi connectivity index (χ0) is 25.2. The second-order valence-corrected chi connectivity index (χ2v) is 9.55. The van der Waals surface area contributed by atoms with Crippen LogP contribution in [0.2, 0.25) is 0 Å². The molecule has 0 amide bonds. The highest BCUT2D eigenvalue weighted by Gasteiger charge is 2.37. The summed E-state index contributed by atoms with van der Waals surface area (Å²) < 4.78 is 38.9. The van der Waals surface area contributed by atoms with Crippen molar-refractivity contribution in [3.63, 3.8) is 0 Å². The molecule has 1 aromatic carbocycles. The highest BCUT2D eigenvalue weighted by molar-refractivity contribution is 7.15. The number of aliphatic carboxylic acids is 1. The lowest BCUT2D eigenvalue weighted by molar-refractivity contribution is -0.141. The van der Waals surface area contributed by atoms with Gasteiger partial charge in [0.1, 0.15) is 16.3 Å². The lowest BCUT2D eigenvalue weighted by Gasteiger charge is -2.36. The number of aromatic nitrogens is 3. The van der Waals surface area contributed by atoms with Crippen molar-refractivity contribution in [1.29, 1.82) is 0 Å². The molecule has 3 aromatic rings. The third kappa shape index (κ3) is 6.13. The Morgan fingerprint density at radius 3 is 2.66 bits per heavy atom. The number of benzene rings is 1. The number of hydrogen-bond acceptors (Lipinski definition) is 8. The lowest BCUT2D eigenvalue weighted by Crippen LogP contribution is -2.43. The van der Waals surface area contributed by atoms with Crippen molar-refractivity contribution in [1.82, 2.24) is 19.9 Å². The number of rotatable bonds is 7. The maximum atomic E-state index is 13.0. The molecule has 35 heavy (non-hydrogen) atoms. The Morgan fingerprint density at radius 1 is 1.23 bits per heavy atom. The molecular formula is C23H24F3N5O3S. The first-order chi connectivity index (χ1) is 16.5. The Bertz CT molecular complexity index is 1210. The van der Waals surface area contributed by atoms with Crippen LogP contribution in [0.15, 0.2) is 36.7 Å². The highest BCUT2D eigenvalue weighted by Crippen LogP contribution is 2.39. The minimum atomic E-state index is -4.57. The minimum Gasteiger partial charge on any atom is -0.481 e. The van der Waals surface area contributed by atoms with E-state index in [0.717, 1.165) is 28.3 Å². The van der Waals surface area contributed by atoms with Crippen molar-refractivity contribution in [3.05, 3.63) is 52.9 Å². The van der Waals surface area contributed by atoms with Gasteiger partial charge >= 0.3 is 12.1 Å². The maximum Gasteiger partial charge on any atom is 0.433 e. The van der Waals surface area contributed by atoms with Gasteiger partial charge in [-0.1, -0.05) is 6.07 Å². The molecule has 0 spiro atoms. The quantitative estimate of drug-likeness (QED) is 0.431. The number of nitrogens with zero attached hydrogens (tertiary/aromatic N) is 4. The molecule has 3 heterocycles. The van der Waals surface area contributed by atoms with Crippen molar-refractivity contribution in [2.24, 2.45) is 0 Å². The molecule has 0 saturated carbocycles. The summed E-state index contributed by atoms with van der Waals surface area (Å²) >= 11 is 1.36. The first-order valence-corrected chi connectivity index (χ1v) is 11.8. The Kier molecular flexibility index (Phi) is 7.06. The molecule has 12 heteroatoms. The SMILES string of the molecule is Cc1cc(Nc2nccc(C(F)(F)F)n2)cc(-c2cnc(C3(O)CCN(CCC(=O)O)CC3)s2)c1. The Labute approximate surface area is 203 Å². The molecule has 0 aliphatic carbocycles. The number of likely N-dealkylation sites (tertiary alicyclic amines) is 1. The normalized spacial score (nSPS) is 16.3. The van der Waals surface area contributed by atoms with Gasteiger partial charge in [-0.25, -0.2) is 15.0 Å². The predicted octanol–water partition coefficient (Wildman–Crippen LogP) is 4.43. The molecule has 1 fully saturated rings. The molecule has 1 saturated heterocycles. The predicted molar refractivity (Wildman–Crippen MR) is 124 cm³/mol. The topological polar surface area (TPSA) is 111 Å². The summed E-state index contributed by atoms with van der Waals surface area (Å²) in [6.45, 7) is 3.47. The van der Waals surface area contributed by atoms with Gasteiger partial charge in [-0.2, -0.15) is 13.2 Å². The number of halogens is 3. The average molecular weight is 508 g/mol. The van der Waals surface area contributed by atoms with Crippen LogP contribution in [-0.2, 0) is 16.6 Å². The van der Waals surface area contributed by atoms with Crippen molar-refractivity contribution in [2.45, 2.75) is 38.0 Å². The fourth-order valence-corrected chi connectivity index (χ4v) is 4.99. The second-order valence-electron chi connectivity index (χ2n) is 8.52. The molecule has 3 N–H and O–H groups in total. The van der Waals surface area contributed by atoms with Crippen LogP contribution in [0.4, 0.5) is 24.8 Å². The summed E-state index contributed by atoms with van der Waals surface area (Å²) in [5.74, 6) is -1.01. The number of carboxylic acids is 1. The van der Waals surface area contributed by atoms with Gasteiger partial charge in [-0.3, -0.25) is 4.79 Å². The van der Waals surface area contributed by atoms with E-state index in [9.17, 15) is 23.1 Å². The summed E-state index contributed by atoms with van der Waals surface area (Å²) in [6.07, 6.45) is -0.871. The zero-order valence-electron chi connectivity index (χ0n) is 18.8. The van der Waals surface area contributed by atoms with E-state index < -0.39 is 23.4 Å². The number of carbonyl (C=O) groups is 1. The van der Waals surface area contributed by atoms with E-state index in [1.165, 1.54) is 11.3 Å². The van der Waals surface area contributed by atoms with Crippen LogP contribution in [0.5, 0.6) is 0 Å². The van der Waals surface area contributed by atoms with Gasteiger partial charge in [0.15, 0.2) is 0 Å². The molecule has 8 nitrogen and oxygen atoms in total. The molecule has 2 aromatic heterocycles. The van der Waals surface area contributed by atoms with Crippen LogP contribution < -0.4 is 5.32 Å². The minimum absolute atomic E-state index is 0.0646. The van der Waals surface area contributed by atoms with Crippen LogP contribution in [0.1, 0.15) is 35.5 Å². The van der Waals surface area contributed by atoms with Crippen LogP contribution in [0.25, 0.3) is 10.4 Å². The van der Waals surface area contributed by atoms with Gasteiger partial charge in [-0.15, -0.1) is 11.3 Å². The van der Waals surface area contributed by atoms with E-state index >= 15 is 0 Å². The molecule has 1 aliphatic heterocycles. The summed E-state index contributed by atoms with van der Waals surface area (Å²) in [6, 6.07) is 6.28. The summed E-state index contributed by atoms with van der Waals surface area (Å²) in [7, 11) is 0. The third-order valence-electron chi connectivity index (χ3n) is 5.79. The van der Waals surface area contributed by atoms with Crippen molar-refractivity contribution in [3.8, 4) is 10.4 Å². The summed E-state index contributed by atoms with van der Waals surface area (Å²) in [5.41, 5.74) is 0.0828. The third-order valence-corrected chi connectivity index (χ3v) is 7.03. The molecule has 0 atom stereocenters. The molecule has 0 bridgehead atoms. The van der Waals surface area contributed by atoms with Crippen LogP contribution in [0.3, 0.4) is 0 Å². The number of hydrogen-bond donors (Lipinski definition) is 3. The molecule has 0 radical (unpaired) electrons. The van der Waals surface area contributed by atoms with Gasteiger partial charge in [0.05, 0.1) is 11.3 Å². The largest absolute Gasteiger partial charge is 0.481 e. The smallest absolute Gasteiger partial charge is 0.433 e. The number of nitrogens with one attached hydrogen (secondary N) is 1. The monoisotopic (exact) mass is 507 g/mol. The highest BCUT2D eigenvalue weighted by atomic mass is 32.1. The van der Waals surface area contributed by atoms with Gasteiger partial charge in [0.25, 0.3) is 0 Å². The van der Waals surface area contributed by atoms with Gasteiger partial charge < -0.3 is 20.4 Å². The van der Waals surface area contributed by atoms with Crippen molar-refractivity contribution >= 4 is 28.9 Å². The van der Waals surface area contributed by atoms with Crippen LogP contribution >= 0.6 is 11.3 Å². The molecular weight excluding hydrogens is 483 g/mol. The van der Waals surface area contributed by atoms with Gasteiger partial charge in [0, 0.05) is 37.7 Å². The van der Waals surface area contributed by atoms with Crippen molar-refractivity contribution in [2.75, 3.05) is 25.0 Å². The Balaban J connectivity index is 1.49. The molecule has 186 valence electrons. The molecule has 1 aliphatic rings. The average Bonchev–Trinajstić information content (AvgIpc) is 3.29. The Morgan fingerprint density at radius 2 is 1.97 bits per heavy atom. The van der Waals surface area contributed by atoms with E-state index in [1.54, 1.807) is 18.3 Å². The number of carboxylic acid groups (broad SMARTS) is 1. The lowest BCUT2D eigenvalue weighted by atomic mass is 9.92. The standard InChI is InChI=1S/C23H24F3N5O3S/c1-14-10-15(12-16(11-14)29-21-27-6-2-18(30-21)23(24,25)26)17-13-28-20(35-17)22(34)4-8-31(9-5-22)7-3-19(32)33/h2,6,10-13,34H,3-5,7-9H2,1H3,(H,32,33)(H,27,29,30). The summed E-state index contributed by atoms with van der Waals surface area (Å²) in [4.78, 5) is 25.5. The van der Waals surface area contributed by atoms with Gasteiger partial charge in [0.2, 0.25) is 5.95 Å². The maximum absolute atomic E-state index is 13.0. The fraction of sp³-hybridized carbons (Fsp3) is 0.391. The number of piperidine rings is 1. The first-order valence-electron chi connectivity index (χ1n) is 10.9. The molecule has 4 rings (SSSR count). The fourth-order valence-electron chi connectivity index (χ4n) is 3.94. The summed E-state index contributed by atoms with van der Waals surface area (Å²) in [5, 5.41) is 23.5. The van der Waals surface area contributed by atoms with E-state index in [0.29, 0.717) is 43.2 Å². The van der Waals surface area contributed by atoms with E-state index in [4.69, 9.17) is 5.11 Å². The van der Waals surface area contributed by atoms with E-state index in [-0.39, 0.29) is 12.4 Å². The molecule has 0 unspecified atom stereocenters. The first kappa shape index (κ1) is 25.0. The van der Waals surface area contributed by atoms with Gasteiger partial charge in [-0.05, 0) is 49.1 Å². The second kappa shape index (κ2) is 9.88. The number of alkyl halides is 3. The number of aliphatic hydroxyl groups is 1. The van der Waals surface area contributed by atoms with E-state index in [1.807, 2.05) is 17.9 Å². The Hall–Kier alpha value is -3.09. The van der Waals surface area contributed by atoms with Crippen LogP contribution in [0, 0.1) is 6.92 Å². The number of thiazole rings is 1. The van der Waals surface area contributed by atoms with E-state index in [2.05, 4.69) is 20.3 Å². The zero-order valence-corrected chi connectivity index (χ0v) is 19.7. The number of aryl methyl sites for hydroxylation is 1. The number of anilines is 2.